The maximum Gasteiger partial charge on any atom is 0.216 e. The molecule has 0 amide bonds. The summed E-state index contributed by atoms with van der Waals surface area (Å²) in [7, 11) is -3.26. The topological polar surface area (TPSA) is 66.8 Å². The molecular formula is C14H27NO4S. The molecule has 1 saturated carbocycles. The number of ether oxygens (including phenoxy) is 1. The van der Waals surface area contributed by atoms with Crippen LogP contribution < -0.4 is 0 Å². The number of sulfonamides is 1. The summed E-state index contributed by atoms with van der Waals surface area (Å²) in [6.45, 7) is 4.95. The number of fused-ring (bicyclic) bond motifs is 1. The van der Waals surface area contributed by atoms with Gasteiger partial charge in [-0.15, -0.1) is 0 Å². The standard InChI is InChI=1S/C14H27NO4S/c1-12(2)19-9-10-20(17,18)15-8-7-14(16)6-4-3-5-13(14)11-15/h12-13,16H,3-11H2,1-2H3. The largest absolute Gasteiger partial charge is 0.390 e. The van der Waals surface area contributed by atoms with Gasteiger partial charge in [0.2, 0.25) is 10.0 Å². The van der Waals surface area contributed by atoms with Crippen molar-refractivity contribution in [3.05, 3.63) is 0 Å². The van der Waals surface area contributed by atoms with Gasteiger partial charge in [0, 0.05) is 19.0 Å². The van der Waals surface area contributed by atoms with E-state index in [-0.39, 0.29) is 24.4 Å². The lowest BCUT2D eigenvalue weighted by molar-refractivity contribution is -0.0817. The molecule has 1 aliphatic heterocycles. The molecule has 0 spiro atoms. The Kier molecular flexibility index (Phi) is 5.10. The molecule has 1 N–H and O–H groups in total. The molecule has 20 heavy (non-hydrogen) atoms. The molecule has 0 radical (unpaired) electrons. The van der Waals surface area contributed by atoms with Crippen LogP contribution in [-0.2, 0) is 14.8 Å². The minimum absolute atomic E-state index is 0.0380. The number of rotatable bonds is 5. The number of hydrogen-bond acceptors (Lipinski definition) is 4. The fraction of sp³-hybridized carbons (Fsp3) is 1.00. The van der Waals surface area contributed by atoms with E-state index in [4.69, 9.17) is 4.74 Å². The Balaban J connectivity index is 1.93. The van der Waals surface area contributed by atoms with E-state index < -0.39 is 15.6 Å². The predicted molar refractivity (Wildman–Crippen MR) is 78.0 cm³/mol. The van der Waals surface area contributed by atoms with E-state index in [1.807, 2.05) is 13.8 Å². The van der Waals surface area contributed by atoms with E-state index in [1.165, 1.54) is 0 Å². The number of piperidine rings is 1. The van der Waals surface area contributed by atoms with Gasteiger partial charge in [0.15, 0.2) is 0 Å². The van der Waals surface area contributed by atoms with Crippen LogP contribution in [0.4, 0.5) is 0 Å². The summed E-state index contributed by atoms with van der Waals surface area (Å²) in [6.07, 6.45) is 4.53. The molecule has 1 saturated heterocycles. The van der Waals surface area contributed by atoms with Gasteiger partial charge in [0.1, 0.15) is 0 Å². The molecule has 0 aromatic rings. The Hall–Kier alpha value is -0.170. The fourth-order valence-electron chi connectivity index (χ4n) is 3.31. The second-order valence-electron chi connectivity index (χ2n) is 6.39. The Morgan fingerprint density at radius 1 is 1.35 bits per heavy atom. The number of hydrogen-bond donors (Lipinski definition) is 1. The van der Waals surface area contributed by atoms with Crippen molar-refractivity contribution in [1.82, 2.24) is 4.31 Å². The van der Waals surface area contributed by atoms with E-state index in [0.717, 1.165) is 25.7 Å². The molecule has 1 heterocycles. The fourth-order valence-corrected chi connectivity index (χ4v) is 4.65. The third-order valence-electron chi connectivity index (χ3n) is 4.58. The van der Waals surface area contributed by atoms with Crippen molar-refractivity contribution in [1.29, 1.82) is 0 Å². The van der Waals surface area contributed by atoms with Crippen LogP contribution in [0.15, 0.2) is 0 Å². The van der Waals surface area contributed by atoms with Crippen molar-refractivity contribution >= 4 is 10.0 Å². The molecule has 2 fully saturated rings. The molecule has 118 valence electrons. The predicted octanol–water partition coefficient (Wildman–Crippen LogP) is 1.37. The Morgan fingerprint density at radius 3 is 2.80 bits per heavy atom. The summed E-state index contributed by atoms with van der Waals surface area (Å²) in [5.41, 5.74) is -0.626. The van der Waals surface area contributed by atoms with Gasteiger partial charge < -0.3 is 9.84 Å². The van der Waals surface area contributed by atoms with Gasteiger partial charge in [-0.05, 0) is 33.1 Å². The van der Waals surface area contributed by atoms with Crippen LogP contribution >= 0.6 is 0 Å². The third-order valence-corrected chi connectivity index (χ3v) is 6.38. The molecule has 5 nitrogen and oxygen atoms in total. The van der Waals surface area contributed by atoms with Crippen LogP contribution in [0.1, 0.15) is 46.0 Å². The van der Waals surface area contributed by atoms with E-state index >= 15 is 0 Å². The molecule has 0 bridgehead atoms. The van der Waals surface area contributed by atoms with Crippen LogP contribution in [0.3, 0.4) is 0 Å². The molecule has 0 aromatic carbocycles. The monoisotopic (exact) mass is 305 g/mol. The molecule has 2 rings (SSSR count). The molecule has 2 aliphatic rings. The molecule has 0 aromatic heterocycles. The van der Waals surface area contributed by atoms with Gasteiger partial charge in [0.25, 0.3) is 0 Å². The SMILES string of the molecule is CC(C)OCCS(=O)(=O)N1CCC2(O)CCCCC2C1. The van der Waals surface area contributed by atoms with Gasteiger partial charge in [-0.2, -0.15) is 0 Å². The molecule has 2 atom stereocenters. The normalized spacial score (nSPS) is 32.3. The smallest absolute Gasteiger partial charge is 0.216 e. The van der Waals surface area contributed by atoms with E-state index in [0.29, 0.717) is 19.5 Å². The maximum atomic E-state index is 12.3. The Bertz CT molecular complexity index is 423. The lowest BCUT2D eigenvalue weighted by Gasteiger charge is -2.46. The summed E-state index contributed by atoms with van der Waals surface area (Å²) < 4.78 is 31.5. The van der Waals surface area contributed by atoms with Crippen LogP contribution in [0.5, 0.6) is 0 Å². The number of nitrogens with zero attached hydrogens (tertiary/aromatic N) is 1. The van der Waals surface area contributed by atoms with Crippen molar-refractivity contribution < 1.29 is 18.3 Å². The first-order valence-electron chi connectivity index (χ1n) is 7.65. The highest BCUT2D eigenvalue weighted by atomic mass is 32.2. The first-order valence-corrected chi connectivity index (χ1v) is 9.26. The summed E-state index contributed by atoms with van der Waals surface area (Å²) in [6, 6.07) is 0. The molecule has 2 unspecified atom stereocenters. The highest BCUT2D eigenvalue weighted by molar-refractivity contribution is 7.89. The minimum Gasteiger partial charge on any atom is -0.390 e. The zero-order valence-corrected chi connectivity index (χ0v) is 13.4. The average molecular weight is 305 g/mol. The highest BCUT2D eigenvalue weighted by Gasteiger charge is 2.45. The van der Waals surface area contributed by atoms with E-state index in [9.17, 15) is 13.5 Å². The Labute approximate surface area is 122 Å². The van der Waals surface area contributed by atoms with Gasteiger partial charge in [-0.25, -0.2) is 12.7 Å². The van der Waals surface area contributed by atoms with Crippen LogP contribution in [-0.4, -0.2) is 55.0 Å². The maximum absolute atomic E-state index is 12.3. The van der Waals surface area contributed by atoms with Crippen molar-refractivity contribution in [3.63, 3.8) is 0 Å². The van der Waals surface area contributed by atoms with Crippen molar-refractivity contribution in [2.45, 2.75) is 57.7 Å². The van der Waals surface area contributed by atoms with Gasteiger partial charge in [-0.1, -0.05) is 12.8 Å². The zero-order valence-electron chi connectivity index (χ0n) is 12.5. The van der Waals surface area contributed by atoms with Crippen molar-refractivity contribution in [3.8, 4) is 0 Å². The molecular weight excluding hydrogens is 278 g/mol. The quantitative estimate of drug-likeness (QED) is 0.833. The Morgan fingerprint density at radius 2 is 2.10 bits per heavy atom. The zero-order chi connectivity index (χ0) is 14.8. The summed E-state index contributed by atoms with van der Waals surface area (Å²) in [4.78, 5) is 0. The second-order valence-corrected chi connectivity index (χ2v) is 8.48. The third kappa shape index (κ3) is 3.72. The lowest BCUT2D eigenvalue weighted by atomic mass is 9.72. The lowest BCUT2D eigenvalue weighted by Crippen LogP contribution is -2.55. The first kappa shape index (κ1) is 16.2. The first-order chi connectivity index (χ1) is 9.33. The van der Waals surface area contributed by atoms with Gasteiger partial charge >= 0.3 is 0 Å². The van der Waals surface area contributed by atoms with Crippen molar-refractivity contribution in [2.24, 2.45) is 5.92 Å². The minimum atomic E-state index is -3.26. The van der Waals surface area contributed by atoms with Crippen LogP contribution in [0.25, 0.3) is 0 Å². The highest BCUT2D eigenvalue weighted by Crippen LogP contribution is 2.40. The van der Waals surface area contributed by atoms with E-state index in [2.05, 4.69) is 0 Å². The number of aliphatic hydroxyl groups is 1. The van der Waals surface area contributed by atoms with Gasteiger partial charge in [-0.3, -0.25) is 0 Å². The second kappa shape index (κ2) is 6.30. The van der Waals surface area contributed by atoms with Gasteiger partial charge in [0.05, 0.1) is 24.1 Å². The van der Waals surface area contributed by atoms with Crippen molar-refractivity contribution in [2.75, 3.05) is 25.4 Å². The van der Waals surface area contributed by atoms with E-state index in [1.54, 1.807) is 4.31 Å². The summed E-state index contributed by atoms with van der Waals surface area (Å²) >= 11 is 0. The van der Waals surface area contributed by atoms with Crippen LogP contribution in [0.2, 0.25) is 0 Å². The van der Waals surface area contributed by atoms with Crippen LogP contribution in [0, 0.1) is 5.92 Å². The summed E-state index contributed by atoms with van der Waals surface area (Å²) in [5, 5.41) is 10.6. The average Bonchev–Trinajstić information content (AvgIpc) is 2.36. The molecule has 1 aliphatic carbocycles. The molecule has 6 heteroatoms. The summed E-state index contributed by atoms with van der Waals surface area (Å²) in [5.74, 6) is 0.141.